The minimum absolute atomic E-state index is 0.0454. The van der Waals surface area contributed by atoms with E-state index in [0.29, 0.717) is 17.8 Å². The molecule has 0 aliphatic carbocycles. The highest BCUT2D eigenvalue weighted by Crippen LogP contribution is 2.16. The van der Waals surface area contributed by atoms with Crippen LogP contribution >= 0.6 is 0 Å². The third-order valence-electron chi connectivity index (χ3n) is 4.43. The molecule has 144 valence electrons. The van der Waals surface area contributed by atoms with E-state index in [9.17, 15) is 9.59 Å². The zero-order valence-electron chi connectivity index (χ0n) is 15.6. The van der Waals surface area contributed by atoms with Gasteiger partial charge in [-0.05, 0) is 36.8 Å². The second-order valence-electron chi connectivity index (χ2n) is 6.54. The Morgan fingerprint density at radius 3 is 2.68 bits per heavy atom. The van der Waals surface area contributed by atoms with Gasteiger partial charge in [0.05, 0.1) is 23.8 Å². The number of rotatable bonds is 6. The van der Waals surface area contributed by atoms with Crippen molar-refractivity contribution in [3.63, 3.8) is 0 Å². The molecule has 1 heterocycles. The number of para-hydroxylation sites is 1. The zero-order valence-corrected chi connectivity index (χ0v) is 15.6. The normalized spacial score (nSPS) is 11.8. The first kappa shape index (κ1) is 19.5. The Bertz CT molecular complexity index is 1020. The molecular formula is C21H23N5O2. The third kappa shape index (κ3) is 4.51. The third-order valence-corrected chi connectivity index (χ3v) is 4.43. The van der Waals surface area contributed by atoms with Gasteiger partial charge in [-0.1, -0.05) is 30.3 Å². The van der Waals surface area contributed by atoms with Gasteiger partial charge in [0.2, 0.25) is 5.91 Å². The summed E-state index contributed by atoms with van der Waals surface area (Å²) in [5.74, 6) is -0.634. The number of pyridine rings is 1. The van der Waals surface area contributed by atoms with Gasteiger partial charge in [0, 0.05) is 23.2 Å². The van der Waals surface area contributed by atoms with Crippen LogP contribution in [-0.4, -0.2) is 29.4 Å². The molecule has 0 bridgehead atoms. The molecule has 3 aromatic rings. The highest BCUT2D eigenvalue weighted by molar-refractivity contribution is 5.99. The summed E-state index contributed by atoms with van der Waals surface area (Å²) < 4.78 is 0. The van der Waals surface area contributed by atoms with Crippen LogP contribution < -0.4 is 22.1 Å². The molecule has 1 atom stereocenters. The van der Waals surface area contributed by atoms with Crippen molar-refractivity contribution in [3.8, 4) is 0 Å². The van der Waals surface area contributed by atoms with Crippen molar-refractivity contribution in [2.75, 3.05) is 11.9 Å². The van der Waals surface area contributed by atoms with Crippen molar-refractivity contribution in [2.24, 2.45) is 11.5 Å². The van der Waals surface area contributed by atoms with E-state index in [0.717, 1.165) is 22.2 Å². The predicted octanol–water partition coefficient (Wildman–Crippen LogP) is 1.70. The fourth-order valence-corrected chi connectivity index (χ4v) is 2.76. The molecule has 0 unspecified atom stereocenters. The maximum absolute atomic E-state index is 12.6. The molecule has 1 aromatic heterocycles. The van der Waals surface area contributed by atoms with Crippen molar-refractivity contribution in [1.82, 2.24) is 10.3 Å². The number of benzene rings is 2. The maximum atomic E-state index is 12.6. The van der Waals surface area contributed by atoms with Gasteiger partial charge < -0.3 is 22.1 Å². The molecule has 2 amide bonds. The second kappa shape index (κ2) is 8.60. The molecular weight excluding hydrogens is 354 g/mol. The molecule has 7 heteroatoms. The summed E-state index contributed by atoms with van der Waals surface area (Å²) in [6.07, 6.45) is 0. The maximum Gasteiger partial charge on any atom is 0.251 e. The number of carbonyl (C=O) groups excluding carboxylic acids is 2. The van der Waals surface area contributed by atoms with Crippen molar-refractivity contribution in [1.29, 1.82) is 0 Å². The van der Waals surface area contributed by atoms with E-state index in [1.807, 2.05) is 43.3 Å². The van der Waals surface area contributed by atoms with Crippen LogP contribution in [0.2, 0.25) is 0 Å². The average Bonchev–Trinajstić information content (AvgIpc) is 2.72. The summed E-state index contributed by atoms with van der Waals surface area (Å²) in [6.45, 7) is 2.18. The van der Waals surface area contributed by atoms with Crippen LogP contribution in [0.5, 0.6) is 0 Å². The van der Waals surface area contributed by atoms with E-state index in [1.54, 1.807) is 18.2 Å². The smallest absolute Gasteiger partial charge is 0.251 e. The molecule has 0 aliphatic rings. The molecule has 28 heavy (non-hydrogen) atoms. The minimum Gasteiger partial charge on any atom is -0.346 e. The monoisotopic (exact) mass is 377 g/mol. The number of amides is 2. The Balaban J connectivity index is 1.70. The van der Waals surface area contributed by atoms with E-state index in [-0.39, 0.29) is 12.5 Å². The SMILES string of the molecule is Cc1ccc(NC(=O)[C@@H](N)CN)cc1C(=O)NCc1ccc2ccccc2n1. The number of carbonyl (C=O) groups is 2. The Labute approximate surface area is 163 Å². The number of nitrogens with zero attached hydrogens (tertiary/aromatic N) is 1. The van der Waals surface area contributed by atoms with Crippen LogP contribution in [0, 0.1) is 6.92 Å². The summed E-state index contributed by atoms with van der Waals surface area (Å²) >= 11 is 0. The number of hydrogen-bond acceptors (Lipinski definition) is 5. The number of nitrogens with two attached hydrogens (primary N) is 2. The highest BCUT2D eigenvalue weighted by Gasteiger charge is 2.14. The standard InChI is InChI=1S/C21H23N5O2/c1-13-6-8-15(26-21(28)18(23)11-22)10-17(13)20(27)24-12-16-9-7-14-4-2-3-5-19(14)25-16/h2-10,18H,11-12,22-23H2,1H3,(H,24,27)(H,26,28)/t18-/m0/s1. The van der Waals surface area contributed by atoms with Crippen LogP contribution in [0.4, 0.5) is 5.69 Å². The van der Waals surface area contributed by atoms with E-state index >= 15 is 0 Å². The summed E-state index contributed by atoms with van der Waals surface area (Å²) in [7, 11) is 0. The lowest BCUT2D eigenvalue weighted by molar-refractivity contribution is -0.117. The lowest BCUT2D eigenvalue weighted by Crippen LogP contribution is -2.41. The first-order chi connectivity index (χ1) is 13.5. The lowest BCUT2D eigenvalue weighted by atomic mass is 10.1. The molecule has 6 N–H and O–H groups in total. The van der Waals surface area contributed by atoms with Crippen molar-refractivity contribution in [2.45, 2.75) is 19.5 Å². The van der Waals surface area contributed by atoms with Gasteiger partial charge >= 0.3 is 0 Å². The van der Waals surface area contributed by atoms with Crippen LogP contribution in [-0.2, 0) is 11.3 Å². The number of aryl methyl sites for hydroxylation is 1. The molecule has 0 fully saturated rings. The van der Waals surface area contributed by atoms with Gasteiger partial charge in [0.1, 0.15) is 0 Å². The van der Waals surface area contributed by atoms with E-state index in [1.165, 1.54) is 0 Å². The molecule has 2 aromatic carbocycles. The predicted molar refractivity (Wildman–Crippen MR) is 110 cm³/mol. The quantitative estimate of drug-likeness (QED) is 0.521. The molecule has 3 rings (SSSR count). The summed E-state index contributed by atoms with van der Waals surface area (Å²) in [4.78, 5) is 29.1. The fourth-order valence-electron chi connectivity index (χ4n) is 2.76. The van der Waals surface area contributed by atoms with Gasteiger partial charge in [-0.15, -0.1) is 0 Å². The Hall–Kier alpha value is -3.29. The fraction of sp³-hybridized carbons (Fsp3) is 0.190. The number of hydrogen-bond donors (Lipinski definition) is 4. The average molecular weight is 377 g/mol. The van der Waals surface area contributed by atoms with Crippen LogP contribution in [0.3, 0.4) is 0 Å². The molecule has 0 spiro atoms. The largest absolute Gasteiger partial charge is 0.346 e. The first-order valence-corrected chi connectivity index (χ1v) is 8.98. The van der Waals surface area contributed by atoms with E-state index < -0.39 is 11.9 Å². The lowest BCUT2D eigenvalue weighted by Gasteiger charge is -2.13. The summed E-state index contributed by atoms with van der Waals surface area (Å²) in [6, 6.07) is 16.0. The number of nitrogens with one attached hydrogen (secondary N) is 2. The Kier molecular flexibility index (Phi) is 5.98. The van der Waals surface area contributed by atoms with Gasteiger partial charge in [0.15, 0.2) is 0 Å². The zero-order chi connectivity index (χ0) is 20.1. The van der Waals surface area contributed by atoms with Crippen LogP contribution in [0.1, 0.15) is 21.6 Å². The van der Waals surface area contributed by atoms with E-state index in [4.69, 9.17) is 11.5 Å². The molecule has 7 nitrogen and oxygen atoms in total. The number of aromatic nitrogens is 1. The topological polar surface area (TPSA) is 123 Å². The van der Waals surface area contributed by atoms with Crippen LogP contribution in [0.25, 0.3) is 10.9 Å². The second-order valence-corrected chi connectivity index (χ2v) is 6.54. The van der Waals surface area contributed by atoms with Crippen LogP contribution in [0.15, 0.2) is 54.6 Å². The minimum atomic E-state index is -0.794. The Morgan fingerprint density at radius 2 is 1.89 bits per heavy atom. The summed E-state index contributed by atoms with van der Waals surface area (Å²) in [5, 5.41) is 6.60. The number of anilines is 1. The highest BCUT2D eigenvalue weighted by atomic mass is 16.2. The molecule has 0 aliphatic heterocycles. The summed E-state index contributed by atoms with van der Waals surface area (Å²) in [5.41, 5.74) is 14.4. The molecule has 0 radical (unpaired) electrons. The van der Waals surface area contributed by atoms with Gasteiger partial charge in [0.25, 0.3) is 5.91 Å². The van der Waals surface area contributed by atoms with Crippen molar-refractivity contribution in [3.05, 3.63) is 71.4 Å². The van der Waals surface area contributed by atoms with Gasteiger partial charge in [-0.3, -0.25) is 14.6 Å². The van der Waals surface area contributed by atoms with Crippen molar-refractivity contribution < 1.29 is 9.59 Å². The Morgan fingerprint density at radius 1 is 1.11 bits per heavy atom. The molecule has 0 saturated carbocycles. The van der Waals surface area contributed by atoms with Gasteiger partial charge in [-0.2, -0.15) is 0 Å². The van der Waals surface area contributed by atoms with Gasteiger partial charge in [-0.25, -0.2) is 0 Å². The number of fused-ring (bicyclic) bond motifs is 1. The molecule has 0 saturated heterocycles. The first-order valence-electron chi connectivity index (χ1n) is 8.98. The van der Waals surface area contributed by atoms with E-state index in [2.05, 4.69) is 15.6 Å². The van der Waals surface area contributed by atoms with Crippen molar-refractivity contribution >= 4 is 28.4 Å².